The van der Waals surface area contributed by atoms with Crippen molar-refractivity contribution >= 4 is 75.5 Å². The summed E-state index contributed by atoms with van der Waals surface area (Å²) in [6, 6.07) is 38.8. The monoisotopic (exact) mass is 611 g/mol. The molecule has 4 aromatic rings. The number of benzene rings is 4. The molecule has 0 bridgehead atoms. The highest BCUT2D eigenvalue weighted by Gasteiger charge is 2.45. The minimum atomic E-state index is -2.13. The first-order valence-corrected chi connectivity index (χ1v) is 16.0. The van der Waals surface area contributed by atoms with Gasteiger partial charge in [-0.15, -0.1) is 0 Å². The van der Waals surface area contributed by atoms with Crippen molar-refractivity contribution in [3.8, 4) is 0 Å². The quantitative estimate of drug-likeness (QED) is 0.0707. The molecule has 7 nitrogen and oxygen atoms in total. The lowest BCUT2D eigenvalue weighted by Crippen LogP contribution is -2.42. The Morgan fingerprint density at radius 2 is 1.19 bits per heavy atom. The van der Waals surface area contributed by atoms with Gasteiger partial charge in [0.25, 0.3) is 0 Å². The summed E-state index contributed by atoms with van der Waals surface area (Å²) in [6.07, 6.45) is 1.39. The lowest BCUT2D eigenvalue weighted by molar-refractivity contribution is 0.112. The van der Waals surface area contributed by atoms with Gasteiger partial charge in [0.15, 0.2) is 10.2 Å². The van der Waals surface area contributed by atoms with Gasteiger partial charge in [-0.3, -0.25) is 15.6 Å². The molecule has 0 saturated carbocycles. The molecule has 4 rings (SSSR count). The Kier molecular flexibility index (Phi) is 11.0. The predicted molar refractivity (Wildman–Crippen MR) is 185 cm³/mol. The van der Waals surface area contributed by atoms with Crippen LogP contribution in [0.25, 0.3) is 0 Å². The van der Waals surface area contributed by atoms with E-state index in [0.717, 1.165) is 11.8 Å². The van der Waals surface area contributed by atoms with Crippen molar-refractivity contribution in [2.45, 2.75) is 6.92 Å². The van der Waals surface area contributed by atoms with Crippen LogP contribution >= 0.6 is 31.7 Å². The third-order valence-corrected chi connectivity index (χ3v) is 11.3. The van der Waals surface area contributed by atoms with Crippen LogP contribution in [0.4, 0.5) is 0 Å². The third-order valence-electron chi connectivity index (χ3n) is 6.55. The van der Waals surface area contributed by atoms with Gasteiger partial charge in [-0.2, -0.15) is 10.2 Å². The van der Waals surface area contributed by atoms with Gasteiger partial charge in [0.2, 0.25) is 0 Å². The molecule has 0 aliphatic rings. The molecule has 0 heterocycles. The Labute approximate surface area is 257 Å². The minimum absolute atomic E-state index is 0.359. The first-order valence-electron chi connectivity index (χ1n) is 13.2. The molecular formula is C32H32N6OPS2+. The second-order valence-electron chi connectivity index (χ2n) is 9.18. The van der Waals surface area contributed by atoms with E-state index in [4.69, 9.17) is 24.4 Å². The maximum atomic E-state index is 11.1. The lowest BCUT2D eigenvalue weighted by atomic mass is 10.1. The van der Waals surface area contributed by atoms with Crippen molar-refractivity contribution in [2.75, 3.05) is 13.3 Å². The second kappa shape index (κ2) is 15.1. The van der Waals surface area contributed by atoms with E-state index in [2.05, 4.69) is 104 Å². The minimum Gasteiger partial charge on any atom is -0.364 e. The van der Waals surface area contributed by atoms with Crippen LogP contribution in [0.5, 0.6) is 0 Å². The van der Waals surface area contributed by atoms with Crippen molar-refractivity contribution in [1.82, 2.24) is 21.5 Å². The number of rotatable bonds is 10. The van der Waals surface area contributed by atoms with Gasteiger partial charge in [0.1, 0.15) is 41.5 Å². The first kappa shape index (κ1) is 30.7. The van der Waals surface area contributed by atoms with Crippen LogP contribution in [0.15, 0.2) is 125 Å². The van der Waals surface area contributed by atoms with E-state index in [0.29, 0.717) is 33.5 Å². The van der Waals surface area contributed by atoms with E-state index in [-0.39, 0.29) is 0 Å². The van der Waals surface area contributed by atoms with Crippen LogP contribution in [0.2, 0.25) is 0 Å². The molecular weight excluding hydrogens is 580 g/mol. The van der Waals surface area contributed by atoms with Crippen LogP contribution < -0.4 is 37.4 Å². The Bertz CT molecular complexity index is 1470. The van der Waals surface area contributed by atoms with Gasteiger partial charge in [-0.1, -0.05) is 78.9 Å². The summed E-state index contributed by atoms with van der Waals surface area (Å²) >= 11 is 10.9. The number of thiocarbonyl (C=S) groups is 2. The summed E-state index contributed by atoms with van der Waals surface area (Å²) in [5.74, 6) is 0. The normalized spacial score (nSPS) is 11.8. The lowest BCUT2D eigenvalue weighted by Gasteiger charge is -2.28. The molecule has 0 radical (unpaired) electrons. The summed E-state index contributed by atoms with van der Waals surface area (Å²) in [5.41, 5.74) is 8.25. The van der Waals surface area contributed by atoms with Crippen molar-refractivity contribution in [3.63, 3.8) is 0 Å². The van der Waals surface area contributed by atoms with Gasteiger partial charge < -0.3 is 10.6 Å². The maximum absolute atomic E-state index is 11.1. The number of hydrazone groups is 2. The van der Waals surface area contributed by atoms with Crippen LogP contribution in [0.3, 0.4) is 0 Å². The van der Waals surface area contributed by atoms with Gasteiger partial charge >= 0.3 is 0 Å². The van der Waals surface area contributed by atoms with Gasteiger partial charge in [0.05, 0.1) is 5.71 Å². The first-order chi connectivity index (χ1) is 20.5. The molecule has 4 N–H and O–H groups in total. The molecule has 212 valence electrons. The van der Waals surface area contributed by atoms with E-state index >= 15 is 0 Å². The van der Waals surface area contributed by atoms with Crippen LogP contribution in [0, 0.1) is 0 Å². The average molecular weight is 612 g/mol. The highest BCUT2D eigenvalue weighted by atomic mass is 32.1. The van der Waals surface area contributed by atoms with E-state index in [1.54, 1.807) is 31.3 Å². The molecule has 0 atom stereocenters. The Hall–Kier alpha value is -4.30. The van der Waals surface area contributed by atoms with Gasteiger partial charge in [0, 0.05) is 18.2 Å². The van der Waals surface area contributed by atoms with Crippen molar-refractivity contribution in [1.29, 1.82) is 0 Å². The number of aldehydes is 1. The van der Waals surface area contributed by atoms with Gasteiger partial charge in [-0.25, -0.2) is 0 Å². The molecule has 0 aliphatic heterocycles. The summed E-state index contributed by atoms with van der Waals surface area (Å²) in [7, 11) is -0.418. The summed E-state index contributed by atoms with van der Waals surface area (Å²) in [5, 5.41) is 19.8. The SMILES string of the molecule is CNC(=S)NN=C(C(C)=NNC(=S)NC[P+](c1ccccc1)(c1ccccc1)c1ccccc1)c1ccc(C=O)cc1. The Balaban J connectivity index is 1.61. The van der Waals surface area contributed by atoms with Crippen molar-refractivity contribution in [3.05, 3.63) is 126 Å². The molecule has 0 aliphatic carbocycles. The number of carbonyl (C=O) groups is 1. The van der Waals surface area contributed by atoms with E-state index in [9.17, 15) is 4.79 Å². The van der Waals surface area contributed by atoms with Crippen LogP contribution in [-0.2, 0) is 0 Å². The molecule has 0 fully saturated rings. The highest BCUT2D eigenvalue weighted by molar-refractivity contribution is 7.95. The fraction of sp³-hybridized carbons (Fsp3) is 0.0938. The zero-order valence-electron chi connectivity index (χ0n) is 23.3. The smallest absolute Gasteiger partial charge is 0.189 e. The third kappa shape index (κ3) is 7.50. The van der Waals surface area contributed by atoms with Crippen LogP contribution in [0.1, 0.15) is 22.8 Å². The van der Waals surface area contributed by atoms with Crippen molar-refractivity contribution in [2.24, 2.45) is 10.2 Å². The van der Waals surface area contributed by atoms with Gasteiger partial charge in [-0.05, 0) is 67.8 Å². The molecule has 4 aromatic carbocycles. The molecule has 0 amide bonds. The number of nitrogens with zero attached hydrogens (tertiary/aromatic N) is 2. The summed E-state index contributed by atoms with van der Waals surface area (Å²) < 4.78 is 0. The highest BCUT2D eigenvalue weighted by Crippen LogP contribution is 2.54. The van der Waals surface area contributed by atoms with Crippen LogP contribution in [-0.4, -0.2) is 41.3 Å². The molecule has 0 saturated heterocycles. The Morgan fingerprint density at radius 3 is 1.64 bits per heavy atom. The second-order valence-corrected chi connectivity index (χ2v) is 13.5. The molecule has 0 spiro atoms. The van der Waals surface area contributed by atoms with E-state index in [1.807, 2.05) is 25.1 Å². The Morgan fingerprint density at radius 1 is 0.714 bits per heavy atom. The number of carbonyl (C=O) groups excluding carboxylic acids is 1. The predicted octanol–water partition coefficient (Wildman–Crippen LogP) is 4.09. The molecule has 42 heavy (non-hydrogen) atoms. The zero-order chi connectivity index (χ0) is 29.8. The maximum Gasteiger partial charge on any atom is 0.189 e. The molecule has 0 aromatic heterocycles. The largest absolute Gasteiger partial charge is 0.364 e. The number of hydrogen-bond donors (Lipinski definition) is 4. The summed E-state index contributed by atoms with van der Waals surface area (Å²) in [4.78, 5) is 11.1. The standard InChI is InChI=1S/C32H31N6OPS2/c1-24(30(36-37-31(41)33-2)26-20-18-25(22-39)19-21-26)35-38-32(42)34-23-40(27-12-6-3-7-13-27,28-14-8-4-9-15-28)29-16-10-5-11-17-29/h3-22H,23H2,1-2H3,(H3-,33,34,35,36,37,38,39,41,42)/p+1. The fourth-order valence-electron chi connectivity index (χ4n) is 4.42. The molecule has 0 unspecified atom stereocenters. The molecule has 10 heteroatoms. The van der Waals surface area contributed by atoms with E-state index in [1.165, 1.54) is 15.9 Å². The summed E-state index contributed by atoms with van der Waals surface area (Å²) in [6.45, 7) is 1.82. The van der Waals surface area contributed by atoms with Crippen molar-refractivity contribution < 1.29 is 4.79 Å². The zero-order valence-corrected chi connectivity index (χ0v) is 25.8. The fourth-order valence-corrected chi connectivity index (χ4v) is 8.57. The number of hydrogen-bond acceptors (Lipinski definition) is 5. The topological polar surface area (TPSA) is 89.9 Å². The van der Waals surface area contributed by atoms with E-state index < -0.39 is 7.26 Å². The number of nitrogens with one attached hydrogen (secondary N) is 4. The average Bonchev–Trinajstić information content (AvgIpc) is 3.05.